The third kappa shape index (κ3) is 5.51. The lowest BCUT2D eigenvalue weighted by atomic mass is 9.70. The Morgan fingerprint density at radius 1 is 0.250 bits per heavy atom. The fourth-order valence-electron chi connectivity index (χ4n) is 13.4. The topological polar surface area (TPSA) is 53.5 Å². The minimum Gasteiger partial charge on any atom is -0.309 e. The molecule has 0 radical (unpaired) electrons. The van der Waals surface area contributed by atoms with Gasteiger partial charge >= 0.3 is 0 Å². The minimum absolute atomic E-state index is 0.556. The molecule has 2 aliphatic rings. The molecule has 0 aliphatic heterocycles. The summed E-state index contributed by atoms with van der Waals surface area (Å²) < 4.78 is 6.89. The molecule has 6 nitrogen and oxygen atoms in total. The zero-order valence-electron chi connectivity index (χ0n) is 40.9. The van der Waals surface area contributed by atoms with Crippen molar-refractivity contribution in [2.75, 3.05) is 0 Å². The van der Waals surface area contributed by atoms with Gasteiger partial charge in [0.2, 0.25) is 11.9 Å². The predicted octanol–water partition coefficient (Wildman–Crippen LogP) is 16.8. The van der Waals surface area contributed by atoms with E-state index in [1.807, 2.05) is 0 Å². The van der Waals surface area contributed by atoms with Crippen LogP contribution in [-0.2, 0) is 5.41 Å². The number of hydrogen-bond donors (Lipinski definition) is 0. The summed E-state index contributed by atoms with van der Waals surface area (Å²) in [6.45, 7) is 0. The highest BCUT2D eigenvalue weighted by atomic mass is 15.3. The van der Waals surface area contributed by atoms with Crippen molar-refractivity contribution in [1.82, 2.24) is 28.7 Å². The van der Waals surface area contributed by atoms with Crippen LogP contribution in [0.5, 0.6) is 0 Å². The summed E-state index contributed by atoms with van der Waals surface area (Å²) in [5.41, 5.74) is 20.2. The van der Waals surface area contributed by atoms with Crippen LogP contribution in [0.2, 0.25) is 0 Å². The second-order valence-corrected chi connectivity index (χ2v) is 20.3. The lowest BCUT2D eigenvalue weighted by molar-refractivity contribution is 0.792. The summed E-state index contributed by atoms with van der Waals surface area (Å²) in [4.78, 5) is 16.6. The summed E-state index contributed by atoms with van der Waals surface area (Å²) >= 11 is 0. The summed E-state index contributed by atoms with van der Waals surface area (Å²) in [5, 5.41) is 7.04. The molecule has 0 fully saturated rings. The molecular weight excluding hydrogens is 925 g/mol. The summed E-state index contributed by atoms with van der Waals surface area (Å²) in [7, 11) is 0. The number of benzene rings is 11. The number of para-hydroxylation sites is 5. The van der Waals surface area contributed by atoms with Gasteiger partial charge in [0.05, 0.1) is 38.5 Å². The summed E-state index contributed by atoms with van der Waals surface area (Å²) in [6.07, 6.45) is 0. The normalized spacial score (nSPS) is 14.4. The highest BCUT2D eigenvalue weighted by Gasteiger charge is 2.52. The van der Waals surface area contributed by atoms with Crippen LogP contribution in [0.4, 0.5) is 0 Å². The van der Waals surface area contributed by atoms with Gasteiger partial charge < -0.3 is 4.57 Å². The molecule has 352 valence electrons. The van der Waals surface area contributed by atoms with E-state index in [1.54, 1.807) is 0 Å². The van der Waals surface area contributed by atoms with Gasteiger partial charge in [-0.05, 0) is 110 Å². The Morgan fingerprint density at radius 3 is 1.20 bits per heavy atom. The van der Waals surface area contributed by atoms with Crippen molar-refractivity contribution in [2.24, 2.45) is 0 Å². The van der Waals surface area contributed by atoms with E-state index >= 15 is 0 Å². The van der Waals surface area contributed by atoms with E-state index in [1.165, 1.54) is 77.4 Å². The number of nitrogens with zero attached hydrogens (tertiary/aromatic N) is 6. The van der Waals surface area contributed by atoms with E-state index in [4.69, 9.17) is 15.0 Å². The Hall–Kier alpha value is -10.2. The molecule has 4 aromatic heterocycles. The van der Waals surface area contributed by atoms with Crippen LogP contribution in [0.3, 0.4) is 0 Å². The van der Waals surface area contributed by atoms with E-state index in [0.29, 0.717) is 17.7 Å². The molecule has 17 rings (SSSR count). The first-order valence-corrected chi connectivity index (χ1v) is 26.0. The fourth-order valence-corrected chi connectivity index (χ4v) is 13.4. The Kier molecular flexibility index (Phi) is 8.39. The van der Waals surface area contributed by atoms with Crippen molar-refractivity contribution >= 4 is 65.4 Å². The second-order valence-electron chi connectivity index (χ2n) is 20.3. The highest BCUT2D eigenvalue weighted by Crippen LogP contribution is 2.63. The standard InChI is InChI=1S/C70H42N6/c1-2-18-43(19-3-1)44-34-38-56-55-26-6-13-29-61(55)74(66(56)41-44)46-36-39-50-48-21-5-12-28-58(48)70(60(50)42-46)57-27-11-4-20-47(57)49-37-35-45(40-59(49)70)67-71-68(75-62-30-14-7-22-51(62)52-23-8-15-31-63(52)75)73-69(72-67)76-64-32-16-9-24-53(64)54-25-10-17-33-65(54)76/h1-42H. The first kappa shape index (κ1) is 41.3. The minimum atomic E-state index is -0.657. The van der Waals surface area contributed by atoms with Gasteiger partial charge in [-0.2, -0.15) is 15.0 Å². The van der Waals surface area contributed by atoms with E-state index in [2.05, 4.69) is 268 Å². The molecule has 15 aromatic rings. The van der Waals surface area contributed by atoms with Gasteiger partial charge in [0.25, 0.3) is 0 Å². The molecule has 0 saturated heterocycles. The Balaban J connectivity index is 0.934. The molecule has 1 unspecified atom stereocenters. The van der Waals surface area contributed by atoms with E-state index in [9.17, 15) is 0 Å². The number of aromatic nitrogens is 6. The largest absolute Gasteiger partial charge is 0.309 e. The molecule has 76 heavy (non-hydrogen) atoms. The number of rotatable bonds is 5. The molecule has 0 bridgehead atoms. The maximum Gasteiger partial charge on any atom is 0.240 e. The molecule has 4 heterocycles. The van der Waals surface area contributed by atoms with E-state index in [0.717, 1.165) is 54.9 Å². The first-order valence-electron chi connectivity index (χ1n) is 26.0. The first-order chi connectivity index (χ1) is 37.7. The zero-order chi connectivity index (χ0) is 49.6. The SMILES string of the molecule is c1ccc(-c2ccc3c4ccccc4n(-c4ccc5c(c4)C4(c6ccccc6-c6ccc(-c7nc(-n8c9ccccc9c9ccccc98)nc(-n8c9ccccc9c9ccccc98)n7)cc64)c4ccccc4-5)c3c2)cc1. The van der Waals surface area contributed by atoms with Crippen LogP contribution < -0.4 is 0 Å². The Morgan fingerprint density at radius 2 is 0.658 bits per heavy atom. The van der Waals surface area contributed by atoms with E-state index < -0.39 is 5.41 Å². The molecule has 0 N–H and O–H groups in total. The molecule has 11 aromatic carbocycles. The molecule has 2 aliphatic carbocycles. The Labute approximate surface area is 436 Å². The maximum absolute atomic E-state index is 5.55. The van der Waals surface area contributed by atoms with Crippen molar-refractivity contribution in [3.05, 3.63) is 277 Å². The molecule has 0 amide bonds. The quantitative estimate of drug-likeness (QED) is 0.173. The van der Waals surface area contributed by atoms with Crippen molar-refractivity contribution in [3.63, 3.8) is 0 Å². The van der Waals surface area contributed by atoms with Crippen LogP contribution in [0, 0.1) is 0 Å². The van der Waals surface area contributed by atoms with Gasteiger partial charge in [0, 0.05) is 43.6 Å². The third-order valence-electron chi connectivity index (χ3n) is 16.5. The van der Waals surface area contributed by atoms with Crippen molar-refractivity contribution in [1.29, 1.82) is 0 Å². The monoisotopic (exact) mass is 966 g/mol. The van der Waals surface area contributed by atoms with Crippen LogP contribution in [-0.4, -0.2) is 28.7 Å². The molecule has 0 saturated carbocycles. The summed E-state index contributed by atoms with van der Waals surface area (Å²) in [6, 6.07) is 92.9. The predicted molar refractivity (Wildman–Crippen MR) is 310 cm³/mol. The highest BCUT2D eigenvalue weighted by molar-refractivity contribution is 6.12. The number of hydrogen-bond acceptors (Lipinski definition) is 3. The van der Waals surface area contributed by atoms with Crippen molar-refractivity contribution in [3.8, 4) is 62.4 Å². The van der Waals surface area contributed by atoms with Gasteiger partial charge in [0.15, 0.2) is 5.82 Å². The van der Waals surface area contributed by atoms with Crippen LogP contribution >= 0.6 is 0 Å². The second kappa shape index (κ2) is 15.4. The molecule has 1 spiro atoms. The number of fused-ring (bicyclic) bond motifs is 19. The van der Waals surface area contributed by atoms with Gasteiger partial charge in [-0.15, -0.1) is 0 Å². The lowest BCUT2D eigenvalue weighted by Crippen LogP contribution is -2.26. The smallest absolute Gasteiger partial charge is 0.240 e. The van der Waals surface area contributed by atoms with Crippen molar-refractivity contribution in [2.45, 2.75) is 5.41 Å². The molecular formula is C70H42N6. The van der Waals surface area contributed by atoms with Gasteiger partial charge in [-0.1, -0.05) is 200 Å². The average Bonchev–Trinajstić information content (AvgIpc) is 4.44. The summed E-state index contributed by atoms with van der Waals surface area (Å²) in [5.74, 6) is 1.71. The van der Waals surface area contributed by atoms with Crippen LogP contribution in [0.1, 0.15) is 22.3 Å². The van der Waals surface area contributed by atoms with E-state index in [-0.39, 0.29) is 0 Å². The maximum atomic E-state index is 5.55. The average molecular weight is 967 g/mol. The Bertz CT molecular complexity index is 4710. The van der Waals surface area contributed by atoms with Gasteiger partial charge in [-0.3, -0.25) is 9.13 Å². The third-order valence-corrected chi connectivity index (χ3v) is 16.5. The van der Waals surface area contributed by atoms with Crippen LogP contribution in [0.25, 0.3) is 128 Å². The molecule has 6 heteroatoms. The van der Waals surface area contributed by atoms with Crippen molar-refractivity contribution < 1.29 is 0 Å². The van der Waals surface area contributed by atoms with Gasteiger partial charge in [0.1, 0.15) is 0 Å². The lowest BCUT2D eigenvalue weighted by Gasteiger charge is -2.31. The van der Waals surface area contributed by atoms with Gasteiger partial charge in [-0.25, -0.2) is 0 Å². The fraction of sp³-hybridized carbons (Fsp3) is 0.0143. The molecule has 1 atom stereocenters. The van der Waals surface area contributed by atoms with Crippen LogP contribution in [0.15, 0.2) is 255 Å². The zero-order valence-corrected chi connectivity index (χ0v) is 40.9.